The molecule has 0 spiro atoms. The number of carboxylic acids is 1. The highest BCUT2D eigenvalue weighted by molar-refractivity contribution is 7.98. The minimum Gasteiger partial charge on any atom is -0.480 e. The number of benzene rings is 5. The second-order valence-corrected chi connectivity index (χ2v) is 13.1. The fraction of sp³-hybridized carbons (Fsp3) is 0.171. The summed E-state index contributed by atoms with van der Waals surface area (Å²) in [6.07, 6.45) is 2.20. The van der Waals surface area contributed by atoms with Crippen LogP contribution in [0.1, 0.15) is 65.3 Å². The van der Waals surface area contributed by atoms with Gasteiger partial charge in [0.05, 0.1) is 11.3 Å². The molecule has 5 aromatic carbocycles. The summed E-state index contributed by atoms with van der Waals surface area (Å²) in [5.74, 6) is -1.33. The van der Waals surface area contributed by atoms with Crippen molar-refractivity contribution in [3.63, 3.8) is 0 Å². The van der Waals surface area contributed by atoms with Crippen molar-refractivity contribution in [2.24, 2.45) is 0 Å². The van der Waals surface area contributed by atoms with Gasteiger partial charge in [0, 0.05) is 34.5 Å². The zero-order valence-electron chi connectivity index (χ0n) is 27.5. The van der Waals surface area contributed by atoms with E-state index in [9.17, 15) is 24.3 Å². The van der Waals surface area contributed by atoms with E-state index in [0.29, 0.717) is 57.8 Å². The van der Waals surface area contributed by atoms with Gasteiger partial charge in [-0.25, -0.2) is 4.79 Å². The number of nitrogens with one attached hydrogen (secondary N) is 1. The number of thioether (sulfide) groups is 1. The molecule has 0 bridgehead atoms. The average molecular weight is 669 g/mol. The number of aliphatic carboxylic acids is 1. The first-order valence-electron chi connectivity index (χ1n) is 16.1. The van der Waals surface area contributed by atoms with Gasteiger partial charge in [0.1, 0.15) is 6.04 Å². The number of ketones is 2. The monoisotopic (exact) mass is 668 g/mol. The maximum atomic E-state index is 14.1. The molecule has 8 heteroatoms. The van der Waals surface area contributed by atoms with Gasteiger partial charge in [-0.1, -0.05) is 78.9 Å². The van der Waals surface area contributed by atoms with Crippen LogP contribution in [0.15, 0.2) is 109 Å². The number of fused-ring (bicyclic) bond motifs is 2. The topological polar surface area (TPSA) is 104 Å². The second kappa shape index (κ2) is 14.3. The number of hydrogen-bond donors (Lipinski definition) is 2. The summed E-state index contributed by atoms with van der Waals surface area (Å²) in [5.41, 5.74) is 7.53. The summed E-state index contributed by atoms with van der Waals surface area (Å²) in [7, 11) is 0. The zero-order valence-corrected chi connectivity index (χ0v) is 28.3. The number of carbonyl (C=O) groups is 4. The first-order valence-corrected chi connectivity index (χ1v) is 17.4. The number of rotatable bonds is 11. The first-order chi connectivity index (χ1) is 23.7. The third-order valence-corrected chi connectivity index (χ3v) is 9.57. The van der Waals surface area contributed by atoms with Gasteiger partial charge >= 0.3 is 5.97 Å². The molecule has 6 rings (SSSR count). The lowest BCUT2D eigenvalue weighted by molar-refractivity contribution is -0.139. The summed E-state index contributed by atoms with van der Waals surface area (Å²) < 4.78 is 0. The Kier molecular flexibility index (Phi) is 9.78. The van der Waals surface area contributed by atoms with E-state index in [1.165, 1.54) is 11.8 Å². The molecule has 0 aromatic heterocycles. The largest absolute Gasteiger partial charge is 0.480 e. The standard InChI is InChI=1S/C41H36N2O5S/c1-25-11-7-8-14-29(25)34-23-27(18-20-32(34)40(46)42-35(41(47)48)21-22-49-3)24-43(28-12-5-4-6-13-28)37-26(2)17-19-33-36(37)39(45)31-16-10-9-15-30(31)38(33)44/h4-20,23,35H,21-22,24H2,1-3H3,(H,42,46)(H,47,48)/t35-/m0/s1. The van der Waals surface area contributed by atoms with E-state index < -0.39 is 17.9 Å². The van der Waals surface area contributed by atoms with Crippen LogP contribution < -0.4 is 10.2 Å². The third-order valence-electron chi connectivity index (χ3n) is 8.92. The molecular weight excluding hydrogens is 633 g/mol. The molecule has 1 amide bonds. The van der Waals surface area contributed by atoms with Crippen LogP contribution in [0.5, 0.6) is 0 Å². The van der Waals surface area contributed by atoms with E-state index in [4.69, 9.17) is 0 Å². The Morgan fingerprint density at radius 3 is 2.06 bits per heavy atom. The number of amides is 1. The Morgan fingerprint density at radius 1 is 0.735 bits per heavy atom. The molecule has 0 saturated carbocycles. The van der Waals surface area contributed by atoms with Crippen molar-refractivity contribution in [1.29, 1.82) is 0 Å². The highest BCUT2D eigenvalue weighted by Crippen LogP contribution is 2.40. The lowest BCUT2D eigenvalue weighted by Crippen LogP contribution is -2.41. The van der Waals surface area contributed by atoms with Crippen LogP contribution >= 0.6 is 11.8 Å². The first kappa shape index (κ1) is 33.4. The fourth-order valence-corrected chi connectivity index (χ4v) is 6.90. The van der Waals surface area contributed by atoms with Crippen molar-refractivity contribution in [2.45, 2.75) is 32.9 Å². The maximum Gasteiger partial charge on any atom is 0.326 e. The number of carbonyl (C=O) groups excluding carboxylic acids is 3. The van der Waals surface area contributed by atoms with Gasteiger partial charge in [-0.3, -0.25) is 14.4 Å². The molecular formula is C41H36N2O5S. The lowest BCUT2D eigenvalue weighted by atomic mass is 9.82. The van der Waals surface area contributed by atoms with E-state index in [-0.39, 0.29) is 11.6 Å². The minimum atomic E-state index is -1.08. The molecule has 1 aliphatic carbocycles. The van der Waals surface area contributed by atoms with Crippen molar-refractivity contribution < 1.29 is 24.3 Å². The Bertz CT molecular complexity index is 2090. The van der Waals surface area contributed by atoms with Crippen LogP contribution in [0.2, 0.25) is 0 Å². The zero-order chi connectivity index (χ0) is 34.7. The number of nitrogens with zero attached hydrogens (tertiary/aromatic N) is 1. The normalized spacial score (nSPS) is 12.6. The van der Waals surface area contributed by atoms with Crippen LogP contribution in [-0.2, 0) is 11.3 Å². The van der Waals surface area contributed by atoms with Gasteiger partial charge in [0.15, 0.2) is 11.6 Å². The highest BCUT2D eigenvalue weighted by Gasteiger charge is 2.34. The molecule has 1 atom stereocenters. The Balaban J connectivity index is 1.48. The van der Waals surface area contributed by atoms with Crippen LogP contribution in [0.3, 0.4) is 0 Å². The van der Waals surface area contributed by atoms with Crippen molar-refractivity contribution >= 4 is 46.6 Å². The molecule has 246 valence electrons. The highest BCUT2D eigenvalue weighted by atomic mass is 32.2. The predicted molar refractivity (Wildman–Crippen MR) is 195 cm³/mol. The Morgan fingerprint density at radius 2 is 1.39 bits per heavy atom. The van der Waals surface area contributed by atoms with Gasteiger partial charge in [-0.15, -0.1) is 0 Å². The van der Waals surface area contributed by atoms with Crippen LogP contribution in [0, 0.1) is 13.8 Å². The van der Waals surface area contributed by atoms with E-state index in [1.54, 1.807) is 36.4 Å². The summed E-state index contributed by atoms with van der Waals surface area (Å²) in [6.45, 7) is 4.22. The van der Waals surface area contributed by atoms with Crippen molar-refractivity contribution in [3.8, 4) is 11.1 Å². The second-order valence-electron chi connectivity index (χ2n) is 12.1. The minimum absolute atomic E-state index is 0.186. The molecule has 7 nitrogen and oxygen atoms in total. The Labute approximate surface area is 290 Å². The fourth-order valence-electron chi connectivity index (χ4n) is 6.43. The van der Waals surface area contributed by atoms with E-state index in [1.807, 2.05) is 97.8 Å². The van der Waals surface area contributed by atoms with Crippen LogP contribution in [-0.4, -0.2) is 46.6 Å². The summed E-state index contributed by atoms with van der Waals surface area (Å²) >= 11 is 1.52. The van der Waals surface area contributed by atoms with E-state index >= 15 is 0 Å². The van der Waals surface area contributed by atoms with Crippen molar-refractivity contribution in [3.05, 3.63) is 154 Å². The quantitative estimate of drug-likeness (QED) is 0.144. The smallest absolute Gasteiger partial charge is 0.326 e. The molecule has 1 aliphatic rings. The van der Waals surface area contributed by atoms with E-state index in [2.05, 4.69) is 5.32 Å². The maximum absolute atomic E-state index is 14.1. The number of hydrogen-bond acceptors (Lipinski definition) is 6. The van der Waals surface area contributed by atoms with Gasteiger partial charge in [0.2, 0.25) is 0 Å². The van der Waals surface area contributed by atoms with Crippen molar-refractivity contribution in [1.82, 2.24) is 5.32 Å². The average Bonchev–Trinajstić information content (AvgIpc) is 3.11. The number of para-hydroxylation sites is 1. The third kappa shape index (κ3) is 6.65. The van der Waals surface area contributed by atoms with Gasteiger partial charge in [0.25, 0.3) is 5.91 Å². The predicted octanol–water partition coefficient (Wildman–Crippen LogP) is 8.02. The number of anilines is 2. The Hall–Kier alpha value is -5.47. The van der Waals surface area contributed by atoms with E-state index in [0.717, 1.165) is 27.9 Å². The molecule has 0 unspecified atom stereocenters. The van der Waals surface area contributed by atoms with Crippen LogP contribution in [0.25, 0.3) is 11.1 Å². The SMILES string of the molecule is CSCC[C@H](NC(=O)c1ccc(CN(c2ccccc2)c2c(C)ccc3c2C(=O)c2ccccc2C3=O)cc1-c1ccccc1C)C(=O)O. The summed E-state index contributed by atoms with van der Waals surface area (Å²) in [6, 6.07) is 32.5. The molecule has 5 aromatic rings. The summed E-state index contributed by atoms with van der Waals surface area (Å²) in [5, 5.41) is 12.5. The van der Waals surface area contributed by atoms with Gasteiger partial charge < -0.3 is 15.3 Å². The lowest BCUT2D eigenvalue weighted by Gasteiger charge is -2.31. The molecule has 0 heterocycles. The molecule has 49 heavy (non-hydrogen) atoms. The molecule has 0 aliphatic heterocycles. The number of carboxylic acid groups (broad SMARTS) is 1. The van der Waals surface area contributed by atoms with Crippen molar-refractivity contribution in [2.75, 3.05) is 16.9 Å². The summed E-state index contributed by atoms with van der Waals surface area (Å²) in [4.78, 5) is 55.6. The molecule has 0 radical (unpaired) electrons. The van der Waals surface area contributed by atoms with Gasteiger partial charge in [-0.2, -0.15) is 11.8 Å². The molecule has 2 N–H and O–H groups in total. The van der Waals surface area contributed by atoms with Crippen LogP contribution in [0.4, 0.5) is 11.4 Å². The molecule has 0 saturated heterocycles. The van der Waals surface area contributed by atoms with Gasteiger partial charge in [-0.05, 0) is 90.4 Å². The molecule has 0 fully saturated rings. The number of aryl methyl sites for hydroxylation is 2.